The third-order valence-corrected chi connectivity index (χ3v) is 5.21. The van der Waals surface area contributed by atoms with Gasteiger partial charge in [-0.1, -0.05) is 0 Å². The first-order valence-electron chi connectivity index (χ1n) is 7.57. The second-order valence-corrected chi connectivity index (χ2v) is 7.62. The first-order chi connectivity index (χ1) is 9.06. The van der Waals surface area contributed by atoms with Crippen LogP contribution in [0.15, 0.2) is 6.07 Å². The maximum Gasteiger partial charge on any atom is 0.0247 e. The first kappa shape index (κ1) is 15.0. The summed E-state index contributed by atoms with van der Waals surface area (Å²) >= 11 is 1.93. The second kappa shape index (κ2) is 6.87. The molecular weight excluding hydrogens is 252 g/mol. The van der Waals surface area contributed by atoms with Crippen molar-refractivity contribution in [1.29, 1.82) is 0 Å². The lowest BCUT2D eigenvalue weighted by Gasteiger charge is -2.32. The predicted molar refractivity (Wildman–Crippen MR) is 84.9 cm³/mol. The van der Waals surface area contributed by atoms with Crippen LogP contribution in [0.4, 0.5) is 0 Å². The van der Waals surface area contributed by atoms with Gasteiger partial charge in [0.25, 0.3) is 0 Å². The Morgan fingerprint density at radius 1 is 1.32 bits per heavy atom. The SMILES string of the molecule is Cc1cc(CN(CC2CCNCC2)C(C)C)c(C)s1. The highest BCUT2D eigenvalue weighted by molar-refractivity contribution is 7.12. The molecule has 1 N–H and O–H groups in total. The van der Waals surface area contributed by atoms with Crippen molar-refractivity contribution in [2.24, 2.45) is 5.92 Å². The molecule has 0 radical (unpaired) electrons. The maximum atomic E-state index is 3.46. The molecule has 2 heterocycles. The largest absolute Gasteiger partial charge is 0.317 e. The molecule has 1 aromatic heterocycles. The van der Waals surface area contributed by atoms with Gasteiger partial charge in [-0.3, -0.25) is 4.90 Å². The van der Waals surface area contributed by atoms with Crippen LogP contribution in [0.1, 0.15) is 42.0 Å². The van der Waals surface area contributed by atoms with Gasteiger partial charge in [-0.15, -0.1) is 11.3 Å². The van der Waals surface area contributed by atoms with Gasteiger partial charge in [0.2, 0.25) is 0 Å². The minimum atomic E-state index is 0.634. The zero-order valence-electron chi connectivity index (χ0n) is 12.8. The number of rotatable bonds is 5. The van der Waals surface area contributed by atoms with Gasteiger partial charge in [0.1, 0.15) is 0 Å². The zero-order valence-corrected chi connectivity index (χ0v) is 13.6. The van der Waals surface area contributed by atoms with Crippen molar-refractivity contribution < 1.29 is 0 Å². The summed E-state index contributed by atoms with van der Waals surface area (Å²) in [5.41, 5.74) is 1.53. The van der Waals surface area contributed by atoms with E-state index in [4.69, 9.17) is 0 Å². The van der Waals surface area contributed by atoms with Crippen molar-refractivity contribution in [1.82, 2.24) is 10.2 Å². The number of piperidine rings is 1. The average molecular weight is 280 g/mol. The van der Waals surface area contributed by atoms with E-state index in [9.17, 15) is 0 Å². The van der Waals surface area contributed by atoms with E-state index in [0.29, 0.717) is 6.04 Å². The van der Waals surface area contributed by atoms with Gasteiger partial charge in [0.05, 0.1) is 0 Å². The molecule has 0 unspecified atom stereocenters. The monoisotopic (exact) mass is 280 g/mol. The molecular formula is C16H28N2S. The van der Waals surface area contributed by atoms with Gasteiger partial charge in [-0.25, -0.2) is 0 Å². The van der Waals surface area contributed by atoms with E-state index in [1.807, 2.05) is 11.3 Å². The minimum Gasteiger partial charge on any atom is -0.317 e. The summed E-state index contributed by atoms with van der Waals surface area (Å²) in [6, 6.07) is 3.01. The molecule has 0 aromatic carbocycles. The minimum absolute atomic E-state index is 0.634. The number of nitrogens with one attached hydrogen (secondary N) is 1. The number of hydrogen-bond donors (Lipinski definition) is 1. The molecule has 1 aliphatic rings. The highest BCUT2D eigenvalue weighted by Gasteiger charge is 2.19. The van der Waals surface area contributed by atoms with Gasteiger partial charge in [0, 0.05) is 28.9 Å². The van der Waals surface area contributed by atoms with E-state index in [0.717, 1.165) is 12.5 Å². The standard InChI is InChI=1S/C16H28N2S/c1-12(2)18(10-15-5-7-17-8-6-15)11-16-9-13(3)19-14(16)4/h9,12,15,17H,5-8,10-11H2,1-4H3. The Kier molecular flexibility index (Phi) is 5.43. The summed E-state index contributed by atoms with van der Waals surface area (Å²) in [6.07, 6.45) is 2.68. The highest BCUT2D eigenvalue weighted by atomic mass is 32.1. The molecule has 2 rings (SSSR count). The Morgan fingerprint density at radius 2 is 2.00 bits per heavy atom. The maximum absolute atomic E-state index is 3.46. The topological polar surface area (TPSA) is 15.3 Å². The van der Waals surface area contributed by atoms with Crippen molar-refractivity contribution in [2.45, 2.75) is 53.1 Å². The number of thiophene rings is 1. The van der Waals surface area contributed by atoms with Crippen molar-refractivity contribution in [3.63, 3.8) is 0 Å². The molecule has 0 amide bonds. The molecule has 1 fully saturated rings. The lowest BCUT2D eigenvalue weighted by atomic mass is 9.97. The van der Waals surface area contributed by atoms with E-state index in [2.05, 4.69) is 44.0 Å². The predicted octanol–water partition coefficient (Wildman–Crippen LogP) is 3.57. The Balaban J connectivity index is 1.97. The molecule has 108 valence electrons. The van der Waals surface area contributed by atoms with E-state index in [-0.39, 0.29) is 0 Å². The summed E-state index contributed by atoms with van der Waals surface area (Å²) in [6.45, 7) is 13.9. The van der Waals surface area contributed by atoms with E-state index in [1.54, 1.807) is 0 Å². The Hall–Kier alpha value is -0.380. The van der Waals surface area contributed by atoms with Gasteiger partial charge >= 0.3 is 0 Å². The smallest absolute Gasteiger partial charge is 0.0247 e. The van der Waals surface area contributed by atoms with Crippen molar-refractivity contribution in [3.8, 4) is 0 Å². The van der Waals surface area contributed by atoms with Crippen molar-refractivity contribution >= 4 is 11.3 Å². The van der Waals surface area contributed by atoms with Crippen LogP contribution in [-0.4, -0.2) is 30.6 Å². The van der Waals surface area contributed by atoms with Gasteiger partial charge in [-0.05, 0) is 71.2 Å². The summed E-state index contributed by atoms with van der Waals surface area (Å²) in [5, 5.41) is 3.46. The number of aryl methyl sites for hydroxylation is 2. The summed E-state index contributed by atoms with van der Waals surface area (Å²) < 4.78 is 0. The molecule has 0 spiro atoms. The van der Waals surface area contributed by atoms with Gasteiger partial charge < -0.3 is 5.32 Å². The Morgan fingerprint density at radius 3 is 2.53 bits per heavy atom. The third-order valence-electron chi connectivity index (χ3n) is 4.20. The quantitative estimate of drug-likeness (QED) is 0.887. The molecule has 0 bridgehead atoms. The fourth-order valence-corrected chi connectivity index (χ4v) is 3.85. The van der Waals surface area contributed by atoms with Crippen LogP contribution >= 0.6 is 11.3 Å². The highest BCUT2D eigenvalue weighted by Crippen LogP contribution is 2.24. The molecule has 2 nitrogen and oxygen atoms in total. The molecule has 0 atom stereocenters. The van der Waals surface area contributed by atoms with Crippen LogP contribution in [0.5, 0.6) is 0 Å². The lowest BCUT2D eigenvalue weighted by Crippen LogP contribution is -2.39. The summed E-state index contributed by atoms with van der Waals surface area (Å²) in [5.74, 6) is 0.878. The van der Waals surface area contributed by atoms with Crippen LogP contribution in [0.25, 0.3) is 0 Å². The fraction of sp³-hybridized carbons (Fsp3) is 0.750. The van der Waals surface area contributed by atoms with E-state index >= 15 is 0 Å². The van der Waals surface area contributed by atoms with Crippen LogP contribution in [0.2, 0.25) is 0 Å². The fourth-order valence-electron chi connectivity index (χ4n) is 2.91. The molecule has 19 heavy (non-hydrogen) atoms. The molecule has 1 aromatic rings. The first-order valence-corrected chi connectivity index (χ1v) is 8.38. The van der Waals surface area contributed by atoms with E-state index in [1.165, 1.54) is 47.8 Å². The van der Waals surface area contributed by atoms with Crippen LogP contribution in [0.3, 0.4) is 0 Å². The molecule has 1 aliphatic heterocycles. The summed E-state index contributed by atoms with van der Waals surface area (Å²) in [4.78, 5) is 5.59. The van der Waals surface area contributed by atoms with Crippen LogP contribution < -0.4 is 5.32 Å². The zero-order chi connectivity index (χ0) is 13.8. The Bertz CT molecular complexity index is 391. The molecule has 0 saturated carbocycles. The number of nitrogens with zero attached hydrogens (tertiary/aromatic N) is 1. The van der Waals surface area contributed by atoms with Crippen molar-refractivity contribution in [3.05, 3.63) is 21.4 Å². The van der Waals surface area contributed by atoms with Crippen molar-refractivity contribution in [2.75, 3.05) is 19.6 Å². The normalized spacial score (nSPS) is 17.6. The van der Waals surface area contributed by atoms with Gasteiger partial charge in [0.15, 0.2) is 0 Å². The van der Waals surface area contributed by atoms with E-state index < -0.39 is 0 Å². The Labute approximate surface area is 122 Å². The molecule has 3 heteroatoms. The average Bonchev–Trinajstić information content (AvgIpc) is 2.68. The van der Waals surface area contributed by atoms with Gasteiger partial charge in [-0.2, -0.15) is 0 Å². The third kappa shape index (κ3) is 4.30. The molecule has 1 saturated heterocycles. The van der Waals surface area contributed by atoms with Crippen LogP contribution in [-0.2, 0) is 6.54 Å². The lowest BCUT2D eigenvalue weighted by molar-refractivity contribution is 0.161. The second-order valence-electron chi connectivity index (χ2n) is 6.16. The summed E-state index contributed by atoms with van der Waals surface area (Å²) in [7, 11) is 0. The number of hydrogen-bond acceptors (Lipinski definition) is 3. The molecule has 0 aliphatic carbocycles. The van der Waals surface area contributed by atoms with Crippen LogP contribution in [0, 0.1) is 19.8 Å².